The van der Waals surface area contributed by atoms with Crippen molar-refractivity contribution in [2.75, 3.05) is 5.32 Å². The Bertz CT molecular complexity index is 664. The van der Waals surface area contributed by atoms with Gasteiger partial charge in [-0.05, 0) is 30.9 Å². The quantitative estimate of drug-likeness (QED) is 0.449. The molecular weight excluding hydrogens is 266 g/mol. The van der Waals surface area contributed by atoms with E-state index in [0.29, 0.717) is 11.5 Å². The molecule has 1 heterocycles. The minimum absolute atomic E-state index is 0.0804. The summed E-state index contributed by atoms with van der Waals surface area (Å²) in [5.41, 5.74) is 4.84. The number of carbonyl (C=O) groups is 1. The molecule has 1 aliphatic rings. The second-order valence-electron chi connectivity index (χ2n) is 5.29. The number of nitrogens with one attached hydrogen (secondary N) is 2. The minimum Gasteiger partial charge on any atom is -0.345 e. The van der Waals surface area contributed by atoms with Crippen molar-refractivity contribution in [3.63, 3.8) is 0 Å². The van der Waals surface area contributed by atoms with Gasteiger partial charge >= 0.3 is 0 Å². The van der Waals surface area contributed by atoms with Crippen LogP contribution in [0.5, 0.6) is 0 Å². The maximum absolute atomic E-state index is 11.4. The van der Waals surface area contributed by atoms with Gasteiger partial charge in [-0.15, -0.1) is 0 Å². The van der Waals surface area contributed by atoms with Gasteiger partial charge in [-0.2, -0.15) is 0 Å². The lowest BCUT2D eigenvalue weighted by molar-refractivity contribution is 0.0953. The number of nitrogen functional groups attached to an aromatic ring is 1. The maximum Gasteiger partial charge on any atom is 0.268 e. The molecule has 0 bridgehead atoms. The summed E-state index contributed by atoms with van der Waals surface area (Å²) < 4.78 is 0. The van der Waals surface area contributed by atoms with Crippen LogP contribution in [-0.4, -0.2) is 15.9 Å². The third-order valence-electron chi connectivity index (χ3n) is 3.81. The van der Waals surface area contributed by atoms with E-state index < -0.39 is 5.91 Å². The zero-order valence-corrected chi connectivity index (χ0v) is 11.8. The highest BCUT2D eigenvalue weighted by Gasteiger charge is 2.45. The van der Waals surface area contributed by atoms with Gasteiger partial charge < -0.3 is 5.32 Å². The van der Waals surface area contributed by atoms with Crippen molar-refractivity contribution in [3.8, 4) is 0 Å². The molecule has 6 nitrogen and oxygen atoms in total. The number of hydrazine groups is 1. The molecular formula is C15H17N5O. The van der Waals surface area contributed by atoms with Crippen molar-refractivity contribution in [1.29, 1.82) is 0 Å². The monoisotopic (exact) mass is 283 g/mol. The van der Waals surface area contributed by atoms with Crippen molar-refractivity contribution in [2.45, 2.75) is 25.3 Å². The summed E-state index contributed by atoms with van der Waals surface area (Å²) in [6, 6.07) is 8.31. The number of aromatic nitrogens is 2. The number of amides is 1. The Morgan fingerprint density at radius 2 is 1.90 bits per heavy atom. The van der Waals surface area contributed by atoms with Gasteiger partial charge in [0.1, 0.15) is 0 Å². The molecule has 0 spiro atoms. The molecule has 0 atom stereocenters. The van der Waals surface area contributed by atoms with Crippen LogP contribution in [0.15, 0.2) is 36.7 Å². The summed E-state index contributed by atoms with van der Waals surface area (Å²) in [4.78, 5) is 19.7. The summed E-state index contributed by atoms with van der Waals surface area (Å²) in [5, 5.41) is 3.39. The molecule has 1 aromatic heterocycles. The van der Waals surface area contributed by atoms with Crippen LogP contribution in [0.2, 0.25) is 0 Å². The highest BCUT2D eigenvalue weighted by atomic mass is 16.2. The number of rotatable bonds is 4. The van der Waals surface area contributed by atoms with Crippen LogP contribution in [0, 0.1) is 6.92 Å². The van der Waals surface area contributed by atoms with Gasteiger partial charge in [0.05, 0.1) is 11.1 Å². The van der Waals surface area contributed by atoms with E-state index in [0.717, 1.165) is 12.8 Å². The number of nitrogens with zero attached hydrogens (tertiary/aromatic N) is 2. The molecule has 21 heavy (non-hydrogen) atoms. The molecule has 1 amide bonds. The van der Waals surface area contributed by atoms with Gasteiger partial charge in [-0.3, -0.25) is 10.2 Å². The standard InChI is InChI=1S/C15H17N5O/c1-10-4-2-3-5-12(10)15(6-7-15)19-14-17-8-11(9-18-14)13(21)20-16/h2-5,8-9H,6-7,16H2,1H3,(H,20,21)(H,17,18,19). The lowest BCUT2D eigenvalue weighted by Crippen LogP contribution is -2.30. The van der Waals surface area contributed by atoms with Gasteiger partial charge in [0.2, 0.25) is 5.95 Å². The first kappa shape index (κ1) is 13.5. The second kappa shape index (κ2) is 5.14. The Morgan fingerprint density at radius 3 is 2.48 bits per heavy atom. The third-order valence-corrected chi connectivity index (χ3v) is 3.81. The molecule has 0 unspecified atom stereocenters. The fourth-order valence-electron chi connectivity index (χ4n) is 2.50. The molecule has 4 N–H and O–H groups in total. The lowest BCUT2D eigenvalue weighted by atomic mass is 9.99. The summed E-state index contributed by atoms with van der Waals surface area (Å²) in [7, 11) is 0. The van der Waals surface area contributed by atoms with Crippen molar-refractivity contribution in [3.05, 3.63) is 53.3 Å². The molecule has 3 rings (SSSR count). The maximum atomic E-state index is 11.4. The predicted octanol–water partition coefficient (Wildman–Crippen LogP) is 1.49. The van der Waals surface area contributed by atoms with E-state index in [-0.39, 0.29) is 5.54 Å². The van der Waals surface area contributed by atoms with Crippen LogP contribution in [0.3, 0.4) is 0 Å². The molecule has 1 fully saturated rings. The van der Waals surface area contributed by atoms with Gasteiger partial charge in [0.15, 0.2) is 0 Å². The number of hydrogen-bond donors (Lipinski definition) is 3. The van der Waals surface area contributed by atoms with Gasteiger partial charge in [0.25, 0.3) is 5.91 Å². The highest BCUT2D eigenvalue weighted by molar-refractivity contribution is 5.93. The summed E-state index contributed by atoms with van der Waals surface area (Å²) in [6.07, 6.45) is 5.02. The smallest absolute Gasteiger partial charge is 0.268 e. The second-order valence-corrected chi connectivity index (χ2v) is 5.29. The van der Waals surface area contributed by atoms with Crippen molar-refractivity contribution in [2.24, 2.45) is 5.84 Å². The molecule has 108 valence electrons. The van der Waals surface area contributed by atoms with E-state index in [2.05, 4.69) is 39.8 Å². The van der Waals surface area contributed by atoms with E-state index >= 15 is 0 Å². The number of nitrogens with two attached hydrogens (primary N) is 1. The Morgan fingerprint density at radius 1 is 1.24 bits per heavy atom. The third kappa shape index (κ3) is 2.57. The Hall–Kier alpha value is -2.47. The van der Waals surface area contributed by atoms with Crippen LogP contribution < -0.4 is 16.6 Å². The molecule has 2 aromatic rings. The van der Waals surface area contributed by atoms with E-state index in [9.17, 15) is 4.79 Å². The molecule has 1 saturated carbocycles. The first-order valence-corrected chi connectivity index (χ1v) is 6.82. The lowest BCUT2D eigenvalue weighted by Gasteiger charge is -2.20. The number of aryl methyl sites for hydroxylation is 1. The van der Waals surface area contributed by atoms with E-state index in [1.54, 1.807) is 0 Å². The van der Waals surface area contributed by atoms with Crippen LogP contribution in [0.1, 0.15) is 34.3 Å². The SMILES string of the molecule is Cc1ccccc1C1(Nc2ncc(C(=O)NN)cn2)CC1. The first-order chi connectivity index (χ1) is 10.1. The van der Waals surface area contributed by atoms with Crippen LogP contribution in [0.4, 0.5) is 5.95 Å². The average molecular weight is 283 g/mol. The largest absolute Gasteiger partial charge is 0.345 e. The van der Waals surface area contributed by atoms with Gasteiger partial charge in [-0.25, -0.2) is 15.8 Å². The van der Waals surface area contributed by atoms with Gasteiger partial charge in [0, 0.05) is 12.4 Å². The topological polar surface area (TPSA) is 92.9 Å². The number of hydrogen-bond acceptors (Lipinski definition) is 5. The number of benzene rings is 1. The van der Waals surface area contributed by atoms with Crippen molar-refractivity contribution in [1.82, 2.24) is 15.4 Å². The van der Waals surface area contributed by atoms with E-state index in [1.807, 2.05) is 12.1 Å². The first-order valence-electron chi connectivity index (χ1n) is 6.82. The van der Waals surface area contributed by atoms with Crippen molar-refractivity contribution < 1.29 is 4.79 Å². The van der Waals surface area contributed by atoms with Crippen LogP contribution in [0.25, 0.3) is 0 Å². The molecule has 0 aliphatic heterocycles. The summed E-state index contributed by atoms with van der Waals surface area (Å²) in [5.74, 6) is 5.19. The Balaban J connectivity index is 1.81. The van der Waals surface area contributed by atoms with Gasteiger partial charge in [-0.1, -0.05) is 24.3 Å². The van der Waals surface area contributed by atoms with E-state index in [4.69, 9.17) is 5.84 Å². The van der Waals surface area contributed by atoms with Crippen molar-refractivity contribution >= 4 is 11.9 Å². The number of anilines is 1. The number of carbonyl (C=O) groups excluding carboxylic acids is 1. The molecule has 0 radical (unpaired) electrons. The highest BCUT2D eigenvalue weighted by Crippen LogP contribution is 2.48. The fourth-order valence-corrected chi connectivity index (χ4v) is 2.50. The zero-order valence-electron chi connectivity index (χ0n) is 11.8. The van der Waals surface area contributed by atoms with E-state index in [1.165, 1.54) is 23.5 Å². The fraction of sp³-hybridized carbons (Fsp3) is 0.267. The summed E-state index contributed by atoms with van der Waals surface area (Å²) >= 11 is 0. The summed E-state index contributed by atoms with van der Waals surface area (Å²) in [6.45, 7) is 2.10. The average Bonchev–Trinajstić information content (AvgIpc) is 3.28. The molecule has 0 saturated heterocycles. The normalized spacial score (nSPS) is 15.3. The predicted molar refractivity (Wildman–Crippen MR) is 79.4 cm³/mol. The molecule has 1 aliphatic carbocycles. The van der Waals surface area contributed by atoms with Crippen LogP contribution >= 0.6 is 0 Å². The molecule has 6 heteroatoms. The Labute approximate surface area is 122 Å². The zero-order chi connectivity index (χ0) is 14.9. The molecule has 1 aromatic carbocycles. The Kier molecular flexibility index (Phi) is 3.31. The van der Waals surface area contributed by atoms with Crippen LogP contribution in [-0.2, 0) is 5.54 Å². The minimum atomic E-state index is -0.401.